The molecule has 18 heavy (non-hydrogen) atoms. The minimum atomic E-state index is 0.306. The minimum Gasteiger partial charge on any atom is -0.341 e. The Morgan fingerprint density at radius 1 is 1.56 bits per heavy atom. The largest absolute Gasteiger partial charge is 0.341 e. The average Bonchev–Trinajstić information content (AvgIpc) is 2.35. The van der Waals surface area contributed by atoms with Crippen LogP contribution in [0.3, 0.4) is 0 Å². The van der Waals surface area contributed by atoms with Gasteiger partial charge >= 0.3 is 0 Å². The van der Waals surface area contributed by atoms with Gasteiger partial charge in [-0.1, -0.05) is 6.92 Å². The lowest BCUT2D eigenvalue weighted by Crippen LogP contribution is -2.45. The summed E-state index contributed by atoms with van der Waals surface area (Å²) in [5.74, 6) is 2.14. The van der Waals surface area contributed by atoms with E-state index in [1.165, 1.54) is 18.6 Å². The maximum absolute atomic E-state index is 12.2. The Morgan fingerprint density at radius 3 is 2.89 bits per heavy atom. The maximum atomic E-state index is 12.2. The molecule has 2 atom stereocenters. The van der Waals surface area contributed by atoms with Gasteiger partial charge in [0.05, 0.1) is 6.54 Å². The third-order valence-electron chi connectivity index (χ3n) is 3.89. The molecule has 1 aliphatic rings. The van der Waals surface area contributed by atoms with Gasteiger partial charge in [0, 0.05) is 19.1 Å². The van der Waals surface area contributed by atoms with Crippen molar-refractivity contribution in [3.05, 3.63) is 0 Å². The number of hydrogen-bond donors (Lipinski definition) is 0. The van der Waals surface area contributed by atoms with E-state index in [-0.39, 0.29) is 0 Å². The predicted molar refractivity (Wildman–Crippen MR) is 80.1 cm³/mol. The summed E-state index contributed by atoms with van der Waals surface area (Å²) < 4.78 is 0. The van der Waals surface area contributed by atoms with Crippen LogP contribution >= 0.6 is 11.8 Å². The van der Waals surface area contributed by atoms with E-state index in [9.17, 15) is 4.79 Å². The first-order valence-electron chi connectivity index (χ1n) is 7.01. The van der Waals surface area contributed by atoms with Crippen LogP contribution in [0.2, 0.25) is 0 Å². The lowest BCUT2D eigenvalue weighted by molar-refractivity contribution is -0.134. The number of likely N-dealkylation sites (tertiary alicyclic amines) is 1. The van der Waals surface area contributed by atoms with Gasteiger partial charge in [-0.3, -0.25) is 9.69 Å². The third-order valence-corrected chi connectivity index (χ3v) is 4.53. The van der Waals surface area contributed by atoms with E-state index >= 15 is 0 Å². The van der Waals surface area contributed by atoms with Crippen molar-refractivity contribution in [2.75, 3.05) is 38.7 Å². The fourth-order valence-corrected chi connectivity index (χ4v) is 2.97. The molecule has 0 bridgehead atoms. The molecular weight excluding hydrogens is 244 g/mol. The van der Waals surface area contributed by atoms with Gasteiger partial charge < -0.3 is 4.90 Å². The fraction of sp³-hybridized carbons (Fsp3) is 0.929. The van der Waals surface area contributed by atoms with Crippen molar-refractivity contribution in [3.63, 3.8) is 0 Å². The third kappa shape index (κ3) is 5.19. The Kier molecular flexibility index (Phi) is 7.08. The smallest absolute Gasteiger partial charge is 0.236 e. The first kappa shape index (κ1) is 15.8. The first-order valence-corrected chi connectivity index (χ1v) is 8.41. The van der Waals surface area contributed by atoms with Crippen molar-refractivity contribution in [3.8, 4) is 0 Å². The monoisotopic (exact) mass is 272 g/mol. The fourth-order valence-electron chi connectivity index (χ4n) is 2.39. The Morgan fingerprint density at radius 2 is 2.28 bits per heavy atom. The van der Waals surface area contributed by atoms with Crippen LogP contribution in [0, 0.1) is 5.92 Å². The Labute approximate surface area is 116 Å². The van der Waals surface area contributed by atoms with Crippen LogP contribution in [-0.4, -0.2) is 60.4 Å². The van der Waals surface area contributed by atoms with Gasteiger partial charge in [-0.15, -0.1) is 0 Å². The molecule has 0 radical (unpaired) electrons. The lowest BCUT2D eigenvalue weighted by Gasteiger charge is -2.33. The van der Waals surface area contributed by atoms with Crippen LogP contribution in [0.25, 0.3) is 0 Å². The summed E-state index contributed by atoms with van der Waals surface area (Å²) in [5, 5.41) is 0. The van der Waals surface area contributed by atoms with E-state index in [1.54, 1.807) is 0 Å². The molecule has 0 spiro atoms. The highest BCUT2D eigenvalue weighted by atomic mass is 32.2. The van der Waals surface area contributed by atoms with Gasteiger partial charge in [-0.2, -0.15) is 11.8 Å². The summed E-state index contributed by atoms with van der Waals surface area (Å²) in [6, 6.07) is 0.489. The van der Waals surface area contributed by atoms with Gasteiger partial charge in [-0.25, -0.2) is 0 Å². The van der Waals surface area contributed by atoms with E-state index in [0.29, 0.717) is 24.4 Å². The number of amides is 1. The van der Waals surface area contributed by atoms with Crippen molar-refractivity contribution in [1.82, 2.24) is 9.80 Å². The summed E-state index contributed by atoms with van der Waals surface area (Å²) in [4.78, 5) is 16.5. The van der Waals surface area contributed by atoms with Crippen LogP contribution in [0.5, 0.6) is 0 Å². The number of hydrogen-bond acceptors (Lipinski definition) is 3. The number of carbonyl (C=O) groups excluding carboxylic acids is 1. The number of carbonyl (C=O) groups is 1. The number of likely N-dealkylation sites (N-methyl/N-ethyl adjacent to an activating group) is 1. The Balaban J connectivity index is 2.33. The summed E-state index contributed by atoms with van der Waals surface area (Å²) in [6.45, 7) is 6.93. The summed E-state index contributed by atoms with van der Waals surface area (Å²) in [6.07, 6.45) is 5.72. The molecule has 106 valence electrons. The summed E-state index contributed by atoms with van der Waals surface area (Å²) in [7, 11) is 2.07. The highest BCUT2D eigenvalue weighted by molar-refractivity contribution is 7.98. The second-order valence-corrected chi connectivity index (χ2v) is 6.62. The van der Waals surface area contributed by atoms with Gasteiger partial charge in [0.25, 0.3) is 0 Å². The lowest BCUT2D eigenvalue weighted by atomic mass is 10.0. The highest BCUT2D eigenvalue weighted by Crippen LogP contribution is 2.16. The second-order valence-electron chi connectivity index (χ2n) is 5.63. The second kappa shape index (κ2) is 8.05. The van der Waals surface area contributed by atoms with Crippen molar-refractivity contribution < 1.29 is 4.79 Å². The Hall–Kier alpha value is -0.220. The minimum absolute atomic E-state index is 0.306. The van der Waals surface area contributed by atoms with Gasteiger partial charge in [0.15, 0.2) is 0 Å². The number of rotatable bonds is 6. The molecule has 0 saturated carbocycles. The number of thioether (sulfide) groups is 1. The average molecular weight is 272 g/mol. The van der Waals surface area contributed by atoms with E-state index in [0.717, 1.165) is 19.5 Å². The molecule has 0 aromatic rings. The molecule has 1 heterocycles. The molecule has 1 amide bonds. The van der Waals surface area contributed by atoms with Crippen LogP contribution in [0.15, 0.2) is 0 Å². The molecule has 1 saturated heterocycles. The maximum Gasteiger partial charge on any atom is 0.236 e. The van der Waals surface area contributed by atoms with E-state index in [2.05, 4.69) is 32.1 Å². The van der Waals surface area contributed by atoms with Crippen molar-refractivity contribution in [2.45, 2.75) is 39.2 Å². The normalized spacial score (nSPS) is 22.3. The van der Waals surface area contributed by atoms with E-state index in [1.807, 2.05) is 16.7 Å². The van der Waals surface area contributed by atoms with Crippen LogP contribution in [0.1, 0.15) is 33.1 Å². The topological polar surface area (TPSA) is 23.6 Å². The highest BCUT2D eigenvalue weighted by Gasteiger charge is 2.22. The van der Waals surface area contributed by atoms with E-state index < -0.39 is 0 Å². The molecule has 4 heteroatoms. The molecule has 0 aromatic carbocycles. The van der Waals surface area contributed by atoms with Gasteiger partial charge in [0.1, 0.15) is 0 Å². The molecule has 0 aromatic heterocycles. The van der Waals surface area contributed by atoms with Crippen LogP contribution in [-0.2, 0) is 4.79 Å². The van der Waals surface area contributed by atoms with Gasteiger partial charge in [-0.05, 0) is 51.2 Å². The molecule has 1 rings (SSSR count). The molecule has 0 N–H and O–H groups in total. The summed E-state index contributed by atoms with van der Waals surface area (Å²) >= 11 is 1.87. The van der Waals surface area contributed by atoms with Crippen LogP contribution in [0.4, 0.5) is 0 Å². The standard InChI is InChI=1S/C14H28N2OS/c1-12-6-5-8-16(10-12)14(17)11-15(3)13(2)7-9-18-4/h12-13H,5-11H2,1-4H3/t12-,13-/m0/s1. The zero-order valence-corrected chi connectivity index (χ0v) is 13.1. The van der Waals surface area contributed by atoms with Crippen molar-refractivity contribution in [2.24, 2.45) is 5.92 Å². The molecule has 0 aliphatic carbocycles. The molecule has 1 aliphatic heterocycles. The summed E-state index contributed by atoms with van der Waals surface area (Å²) in [5.41, 5.74) is 0. The molecule has 3 nitrogen and oxygen atoms in total. The van der Waals surface area contributed by atoms with Crippen molar-refractivity contribution in [1.29, 1.82) is 0 Å². The number of piperidine rings is 1. The quantitative estimate of drug-likeness (QED) is 0.741. The van der Waals surface area contributed by atoms with Crippen molar-refractivity contribution >= 4 is 17.7 Å². The Bertz CT molecular complexity index is 260. The van der Waals surface area contributed by atoms with Gasteiger partial charge in [0.2, 0.25) is 5.91 Å². The first-order chi connectivity index (χ1) is 8.54. The van der Waals surface area contributed by atoms with E-state index in [4.69, 9.17) is 0 Å². The molecule has 1 fully saturated rings. The van der Waals surface area contributed by atoms with Crippen LogP contribution < -0.4 is 0 Å². The zero-order chi connectivity index (χ0) is 13.5. The zero-order valence-electron chi connectivity index (χ0n) is 12.3. The molecular formula is C14H28N2OS. The SMILES string of the molecule is CSCC[C@H](C)N(C)CC(=O)N1CCC[C@H](C)C1. The number of nitrogens with zero attached hydrogens (tertiary/aromatic N) is 2. The molecule has 0 unspecified atom stereocenters. The predicted octanol–water partition coefficient (Wildman–Crippen LogP) is 2.32.